The summed E-state index contributed by atoms with van der Waals surface area (Å²) >= 11 is 1.45. The number of nitrogens with zero attached hydrogens (tertiary/aromatic N) is 3. The molecule has 5 rings (SSSR count). The first kappa shape index (κ1) is 26.6. The molecule has 0 aliphatic carbocycles. The second-order valence-corrected chi connectivity index (χ2v) is 11.4. The Hall–Kier alpha value is -3.00. The summed E-state index contributed by atoms with van der Waals surface area (Å²) in [6.07, 6.45) is 2.54. The smallest absolute Gasteiger partial charge is 0.264 e. The molecule has 2 aliphatic rings. The van der Waals surface area contributed by atoms with Gasteiger partial charge < -0.3 is 15.1 Å². The van der Waals surface area contributed by atoms with Gasteiger partial charge in [-0.25, -0.2) is 0 Å². The van der Waals surface area contributed by atoms with Crippen LogP contribution < -0.4 is 5.32 Å². The van der Waals surface area contributed by atoms with Crippen molar-refractivity contribution in [2.75, 3.05) is 39.3 Å². The van der Waals surface area contributed by atoms with Crippen LogP contribution >= 0.6 is 11.3 Å². The summed E-state index contributed by atoms with van der Waals surface area (Å²) in [4.78, 5) is 34.5. The van der Waals surface area contributed by atoms with Crippen LogP contribution in [0.25, 0.3) is 0 Å². The SMILES string of the molecule is Cc1ccc(CN(CCc2ccccc2)C2CC(C(=O)N3CCCNCC3)N(C(=O)c3cccs3)C2)cc1. The Kier molecular flexibility index (Phi) is 8.89. The van der Waals surface area contributed by atoms with Crippen molar-refractivity contribution in [2.45, 2.75) is 44.8 Å². The van der Waals surface area contributed by atoms with E-state index in [9.17, 15) is 9.59 Å². The number of benzene rings is 2. The molecule has 1 N–H and O–H groups in total. The van der Waals surface area contributed by atoms with Crippen LogP contribution in [0, 0.1) is 6.92 Å². The molecule has 0 spiro atoms. The first-order valence-corrected chi connectivity index (χ1v) is 14.6. The van der Waals surface area contributed by atoms with Gasteiger partial charge in [0, 0.05) is 45.3 Å². The maximum absolute atomic E-state index is 13.9. The van der Waals surface area contributed by atoms with E-state index in [4.69, 9.17) is 0 Å². The molecule has 7 heteroatoms. The third-order valence-corrected chi connectivity index (χ3v) is 8.62. The highest BCUT2D eigenvalue weighted by molar-refractivity contribution is 7.12. The average molecular weight is 531 g/mol. The Morgan fingerprint density at radius 3 is 2.55 bits per heavy atom. The van der Waals surface area contributed by atoms with E-state index in [0.29, 0.717) is 24.4 Å². The average Bonchev–Trinajstić information content (AvgIpc) is 3.57. The molecule has 2 saturated heterocycles. The molecule has 3 aromatic rings. The molecule has 2 atom stereocenters. The van der Waals surface area contributed by atoms with Crippen LogP contribution in [0.2, 0.25) is 0 Å². The van der Waals surface area contributed by atoms with E-state index >= 15 is 0 Å². The van der Waals surface area contributed by atoms with Crippen LogP contribution in [-0.4, -0.2) is 77.9 Å². The lowest BCUT2D eigenvalue weighted by Gasteiger charge is -2.29. The fourth-order valence-corrected chi connectivity index (χ4v) is 6.27. The van der Waals surface area contributed by atoms with Crippen molar-refractivity contribution in [1.29, 1.82) is 0 Å². The van der Waals surface area contributed by atoms with Gasteiger partial charge in [0.1, 0.15) is 6.04 Å². The highest BCUT2D eigenvalue weighted by Gasteiger charge is 2.43. The fraction of sp³-hybridized carbons (Fsp3) is 0.419. The van der Waals surface area contributed by atoms with Gasteiger partial charge in [-0.1, -0.05) is 66.2 Å². The van der Waals surface area contributed by atoms with Gasteiger partial charge >= 0.3 is 0 Å². The van der Waals surface area contributed by atoms with E-state index in [2.05, 4.69) is 65.7 Å². The quantitative estimate of drug-likeness (QED) is 0.474. The molecule has 3 heterocycles. The van der Waals surface area contributed by atoms with E-state index < -0.39 is 6.04 Å². The predicted molar refractivity (Wildman–Crippen MR) is 153 cm³/mol. The van der Waals surface area contributed by atoms with Crippen molar-refractivity contribution in [1.82, 2.24) is 20.0 Å². The molecule has 2 unspecified atom stereocenters. The molecule has 2 aliphatic heterocycles. The molecule has 2 amide bonds. The zero-order chi connectivity index (χ0) is 26.3. The minimum absolute atomic E-state index is 0.0212. The van der Waals surface area contributed by atoms with E-state index in [1.807, 2.05) is 33.4 Å². The molecule has 0 saturated carbocycles. The molecule has 1 aromatic heterocycles. The molecule has 6 nitrogen and oxygen atoms in total. The lowest BCUT2D eigenvalue weighted by atomic mass is 10.1. The van der Waals surface area contributed by atoms with Crippen molar-refractivity contribution in [3.8, 4) is 0 Å². The van der Waals surface area contributed by atoms with Gasteiger partial charge in [-0.15, -0.1) is 11.3 Å². The lowest BCUT2D eigenvalue weighted by Crippen LogP contribution is -2.48. The standard InChI is InChI=1S/C31H38N4O2S/c1-24-10-12-26(13-11-24)22-34(18-14-25-7-3-2-4-8-25)27-21-28(30(36)33-17-6-15-32-16-19-33)35(23-27)31(37)29-9-5-20-38-29/h2-5,7-13,20,27-28,32H,6,14-19,21-23H2,1H3. The third-order valence-electron chi connectivity index (χ3n) is 7.76. The van der Waals surface area contributed by atoms with E-state index in [-0.39, 0.29) is 17.9 Å². The molecule has 2 fully saturated rings. The number of nitrogens with one attached hydrogen (secondary N) is 1. The van der Waals surface area contributed by atoms with Gasteiger partial charge in [-0.05, 0) is 55.3 Å². The van der Waals surface area contributed by atoms with Crippen molar-refractivity contribution in [3.63, 3.8) is 0 Å². The topological polar surface area (TPSA) is 55.9 Å². The summed E-state index contributed by atoms with van der Waals surface area (Å²) in [6, 6.07) is 22.7. The van der Waals surface area contributed by atoms with Crippen LogP contribution in [0.15, 0.2) is 72.1 Å². The molecule has 2 aromatic carbocycles. The van der Waals surface area contributed by atoms with Gasteiger partial charge in [-0.3, -0.25) is 14.5 Å². The maximum Gasteiger partial charge on any atom is 0.264 e. The summed E-state index contributed by atoms with van der Waals surface area (Å²) < 4.78 is 0. The number of hydrogen-bond acceptors (Lipinski definition) is 5. The van der Waals surface area contributed by atoms with Crippen molar-refractivity contribution < 1.29 is 9.59 Å². The zero-order valence-electron chi connectivity index (χ0n) is 22.2. The monoisotopic (exact) mass is 530 g/mol. The second kappa shape index (κ2) is 12.7. The summed E-state index contributed by atoms with van der Waals surface area (Å²) in [5.41, 5.74) is 3.81. The number of carbonyl (C=O) groups is 2. The molecule has 200 valence electrons. The number of amides is 2. The minimum atomic E-state index is -0.426. The highest BCUT2D eigenvalue weighted by Crippen LogP contribution is 2.28. The first-order valence-electron chi connectivity index (χ1n) is 13.8. The van der Waals surface area contributed by atoms with Crippen molar-refractivity contribution in [3.05, 3.63) is 93.7 Å². The Bertz CT molecular complexity index is 1170. The summed E-state index contributed by atoms with van der Waals surface area (Å²) in [7, 11) is 0. The number of aryl methyl sites for hydroxylation is 1. The largest absolute Gasteiger partial charge is 0.340 e. The van der Waals surface area contributed by atoms with Gasteiger partial charge in [0.05, 0.1) is 4.88 Å². The normalized spacial score (nSPS) is 20.1. The number of hydrogen-bond donors (Lipinski definition) is 1. The Morgan fingerprint density at radius 2 is 1.79 bits per heavy atom. The summed E-state index contributed by atoms with van der Waals surface area (Å²) in [5.74, 6) is 0.0755. The van der Waals surface area contributed by atoms with Crippen LogP contribution in [0.3, 0.4) is 0 Å². The Labute approximate surface area is 230 Å². The lowest BCUT2D eigenvalue weighted by molar-refractivity contribution is -0.135. The molecule has 38 heavy (non-hydrogen) atoms. The summed E-state index contributed by atoms with van der Waals surface area (Å²) in [6.45, 7) is 7.52. The Morgan fingerprint density at radius 1 is 0.974 bits per heavy atom. The first-order chi connectivity index (χ1) is 18.6. The fourth-order valence-electron chi connectivity index (χ4n) is 5.59. The number of rotatable bonds is 8. The van der Waals surface area contributed by atoms with Crippen LogP contribution in [-0.2, 0) is 17.8 Å². The van der Waals surface area contributed by atoms with Crippen LogP contribution in [0.1, 0.15) is 39.2 Å². The van der Waals surface area contributed by atoms with E-state index in [0.717, 1.165) is 45.6 Å². The highest BCUT2D eigenvalue weighted by atomic mass is 32.1. The van der Waals surface area contributed by atoms with Crippen molar-refractivity contribution >= 4 is 23.2 Å². The number of carbonyl (C=O) groups excluding carboxylic acids is 2. The number of likely N-dealkylation sites (tertiary alicyclic amines) is 1. The van der Waals surface area contributed by atoms with Gasteiger partial charge in [0.15, 0.2) is 0 Å². The van der Waals surface area contributed by atoms with Gasteiger partial charge in [-0.2, -0.15) is 0 Å². The predicted octanol–water partition coefficient (Wildman–Crippen LogP) is 4.21. The second-order valence-electron chi connectivity index (χ2n) is 10.5. The van der Waals surface area contributed by atoms with Crippen LogP contribution in [0.4, 0.5) is 0 Å². The van der Waals surface area contributed by atoms with Gasteiger partial charge in [0.25, 0.3) is 5.91 Å². The molecule has 0 radical (unpaired) electrons. The van der Waals surface area contributed by atoms with E-state index in [1.54, 1.807) is 0 Å². The molecular formula is C31H38N4O2S. The maximum atomic E-state index is 13.9. The van der Waals surface area contributed by atoms with Gasteiger partial charge in [0.2, 0.25) is 5.91 Å². The third kappa shape index (κ3) is 6.52. The van der Waals surface area contributed by atoms with Crippen molar-refractivity contribution in [2.24, 2.45) is 0 Å². The van der Waals surface area contributed by atoms with Crippen LogP contribution in [0.5, 0.6) is 0 Å². The zero-order valence-corrected chi connectivity index (χ0v) is 23.0. The number of thiophene rings is 1. The molecular weight excluding hydrogens is 492 g/mol. The minimum Gasteiger partial charge on any atom is -0.340 e. The van der Waals surface area contributed by atoms with E-state index in [1.165, 1.54) is 28.0 Å². The Balaban J connectivity index is 1.39. The molecule has 0 bridgehead atoms. The summed E-state index contributed by atoms with van der Waals surface area (Å²) in [5, 5.41) is 5.32.